The van der Waals surface area contributed by atoms with Crippen LogP contribution in [0.4, 0.5) is 34.1 Å². The van der Waals surface area contributed by atoms with Gasteiger partial charge >= 0.3 is 6.85 Å². The summed E-state index contributed by atoms with van der Waals surface area (Å²) in [6.07, 6.45) is 0. The first kappa shape index (κ1) is 41.4. The topological polar surface area (TPSA) is 11.4 Å². The van der Waals surface area contributed by atoms with Crippen molar-refractivity contribution in [3.05, 3.63) is 218 Å². The highest BCUT2D eigenvalue weighted by atomic mass is 32.2. The Morgan fingerprint density at radius 3 is 1.85 bits per heavy atom. The molecule has 0 unspecified atom stereocenters. The molecular formula is C64H44BN3S3. The molecular weight excluding hydrogens is 918 g/mol. The first-order chi connectivity index (χ1) is 34.9. The van der Waals surface area contributed by atoms with E-state index in [0.29, 0.717) is 0 Å². The Morgan fingerprint density at radius 1 is 0.493 bits per heavy atom. The maximum atomic E-state index is 2.78. The molecule has 2 aromatic heterocycles. The van der Waals surface area contributed by atoms with Gasteiger partial charge in [0, 0.05) is 79.5 Å². The minimum absolute atomic E-state index is 0.0412. The Bertz CT molecular complexity index is 4130. The average Bonchev–Trinajstić information content (AvgIpc) is 3.97. The maximum Gasteiger partial charge on any atom is 0.333 e. The van der Waals surface area contributed by atoms with E-state index in [0.717, 1.165) is 11.4 Å². The van der Waals surface area contributed by atoms with Gasteiger partial charge in [0.05, 0.1) is 21.9 Å². The molecule has 0 spiro atoms. The van der Waals surface area contributed by atoms with Crippen molar-refractivity contribution in [2.75, 3.05) is 9.80 Å². The monoisotopic (exact) mass is 961 g/mol. The molecule has 0 fully saturated rings. The SMILES string of the molecule is CC(C)(C)c1ccc(N2c3cc4c(cc3B3c5c(cc6ccccc6c52)-c2ccc(N(c5ccccc5)c5ccccc5)c5c6c7ccccc7sc6n3c25)Sc2ccccc2S4)c(-c2ccccc2)c1. The Hall–Kier alpha value is -7.42. The number of benzene rings is 10. The van der Waals surface area contributed by atoms with Crippen LogP contribution in [-0.2, 0) is 5.41 Å². The van der Waals surface area contributed by atoms with Crippen LogP contribution in [0, 0.1) is 0 Å². The van der Waals surface area contributed by atoms with Gasteiger partial charge in [0.2, 0.25) is 0 Å². The zero-order valence-corrected chi connectivity index (χ0v) is 41.8. The van der Waals surface area contributed by atoms with E-state index in [4.69, 9.17) is 0 Å². The van der Waals surface area contributed by atoms with Crippen LogP contribution in [0.5, 0.6) is 0 Å². The molecule has 71 heavy (non-hydrogen) atoms. The molecule has 3 aliphatic rings. The van der Waals surface area contributed by atoms with Crippen molar-refractivity contribution >= 4 is 129 Å². The summed E-state index contributed by atoms with van der Waals surface area (Å²) in [6.45, 7) is 6.85. The summed E-state index contributed by atoms with van der Waals surface area (Å²) in [6, 6.07) is 79.7. The van der Waals surface area contributed by atoms with Crippen LogP contribution in [0.15, 0.2) is 232 Å². The minimum Gasteiger partial charge on any atom is -0.367 e. The lowest BCUT2D eigenvalue weighted by molar-refractivity contribution is 0.590. The summed E-state index contributed by atoms with van der Waals surface area (Å²) in [4.78, 5) is 11.7. The van der Waals surface area contributed by atoms with Crippen molar-refractivity contribution in [3.8, 4) is 22.3 Å². The molecule has 336 valence electrons. The number of anilines is 6. The molecule has 0 amide bonds. The van der Waals surface area contributed by atoms with Gasteiger partial charge in [-0.15, -0.1) is 11.3 Å². The van der Waals surface area contributed by atoms with Crippen LogP contribution in [0.25, 0.3) is 64.2 Å². The normalized spacial score (nSPS) is 13.4. The second kappa shape index (κ2) is 15.5. The van der Waals surface area contributed by atoms with E-state index < -0.39 is 0 Å². The van der Waals surface area contributed by atoms with E-state index in [1.54, 1.807) is 0 Å². The molecule has 0 bridgehead atoms. The number of fused-ring (bicyclic) bond motifs is 13. The highest BCUT2D eigenvalue weighted by Gasteiger charge is 2.46. The fourth-order valence-corrected chi connectivity index (χ4v) is 15.3. The molecule has 3 aliphatic heterocycles. The third-order valence-electron chi connectivity index (χ3n) is 14.9. The fourth-order valence-electron chi connectivity index (χ4n) is 11.8. The van der Waals surface area contributed by atoms with Gasteiger partial charge < -0.3 is 14.3 Å². The van der Waals surface area contributed by atoms with Gasteiger partial charge in [0.25, 0.3) is 0 Å². The van der Waals surface area contributed by atoms with E-state index in [1.165, 1.54) is 123 Å². The van der Waals surface area contributed by atoms with Crippen LogP contribution in [0.2, 0.25) is 0 Å². The van der Waals surface area contributed by atoms with Crippen LogP contribution in [0.1, 0.15) is 26.3 Å². The quantitative estimate of drug-likeness (QED) is 0.159. The number of hydrogen-bond acceptors (Lipinski definition) is 5. The third kappa shape index (κ3) is 6.13. The summed E-state index contributed by atoms with van der Waals surface area (Å²) in [5, 5.41) is 6.38. The largest absolute Gasteiger partial charge is 0.367 e. The number of hydrogen-bond donors (Lipinski definition) is 0. The highest BCUT2D eigenvalue weighted by Crippen LogP contribution is 2.56. The van der Waals surface area contributed by atoms with Crippen LogP contribution in [0.3, 0.4) is 0 Å². The smallest absolute Gasteiger partial charge is 0.333 e. The lowest BCUT2D eigenvalue weighted by Crippen LogP contribution is -2.56. The van der Waals surface area contributed by atoms with Gasteiger partial charge in [-0.25, -0.2) is 0 Å². The zero-order valence-electron chi connectivity index (χ0n) is 39.4. The number of thiophene rings is 1. The molecule has 15 rings (SSSR count). The van der Waals surface area contributed by atoms with Crippen molar-refractivity contribution in [1.82, 2.24) is 4.48 Å². The number of nitrogens with zero attached hydrogens (tertiary/aromatic N) is 3. The molecule has 12 aromatic rings. The van der Waals surface area contributed by atoms with Gasteiger partial charge in [0.15, 0.2) is 0 Å². The average molecular weight is 962 g/mol. The van der Waals surface area contributed by atoms with Crippen LogP contribution < -0.4 is 20.7 Å². The number of aromatic nitrogens is 1. The van der Waals surface area contributed by atoms with E-state index >= 15 is 0 Å². The molecule has 5 heterocycles. The van der Waals surface area contributed by atoms with Gasteiger partial charge in [-0.3, -0.25) is 0 Å². The van der Waals surface area contributed by atoms with Gasteiger partial charge in [-0.05, 0) is 117 Å². The Kier molecular flexibility index (Phi) is 9.06. The summed E-state index contributed by atoms with van der Waals surface area (Å²) in [5.41, 5.74) is 17.3. The Morgan fingerprint density at radius 2 is 1.13 bits per heavy atom. The summed E-state index contributed by atoms with van der Waals surface area (Å²) < 4.78 is 4.08. The minimum atomic E-state index is -0.129. The van der Waals surface area contributed by atoms with Crippen molar-refractivity contribution in [2.45, 2.75) is 45.8 Å². The molecule has 10 aromatic carbocycles. The van der Waals surface area contributed by atoms with Gasteiger partial charge in [-0.2, -0.15) is 0 Å². The predicted octanol–water partition coefficient (Wildman–Crippen LogP) is 17.6. The third-order valence-corrected chi connectivity index (χ3v) is 18.6. The summed E-state index contributed by atoms with van der Waals surface area (Å²) in [5.74, 6) is 0. The molecule has 0 radical (unpaired) electrons. The molecule has 0 atom stereocenters. The molecule has 0 N–H and O–H groups in total. The van der Waals surface area contributed by atoms with Crippen molar-refractivity contribution in [1.29, 1.82) is 0 Å². The molecule has 0 saturated heterocycles. The number of rotatable bonds is 5. The van der Waals surface area contributed by atoms with Crippen molar-refractivity contribution < 1.29 is 0 Å². The summed E-state index contributed by atoms with van der Waals surface area (Å²) >= 11 is 5.75. The van der Waals surface area contributed by atoms with Gasteiger partial charge in [-0.1, -0.05) is 178 Å². The Labute approximate surface area is 426 Å². The first-order valence-electron chi connectivity index (χ1n) is 24.4. The highest BCUT2D eigenvalue weighted by molar-refractivity contribution is 8.05. The number of para-hydroxylation sites is 2. The van der Waals surface area contributed by atoms with E-state index in [9.17, 15) is 0 Å². The maximum absolute atomic E-state index is 2.78. The first-order valence-corrected chi connectivity index (χ1v) is 26.9. The molecule has 3 nitrogen and oxygen atoms in total. The van der Waals surface area contributed by atoms with Crippen LogP contribution in [-0.4, -0.2) is 11.3 Å². The predicted molar refractivity (Wildman–Crippen MR) is 306 cm³/mol. The zero-order chi connectivity index (χ0) is 47.1. The van der Waals surface area contributed by atoms with E-state index in [-0.39, 0.29) is 12.3 Å². The Balaban J connectivity index is 1.11. The second-order valence-corrected chi connectivity index (χ2v) is 23.2. The van der Waals surface area contributed by atoms with Crippen LogP contribution >= 0.6 is 34.9 Å². The van der Waals surface area contributed by atoms with E-state index in [2.05, 4.69) is 247 Å². The lowest BCUT2D eigenvalue weighted by Gasteiger charge is -2.42. The van der Waals surface area contributed by atoms with Crippen molar-refractivity contribution in [2.24, 2.45) is 0 Å². The lowest BCUT2D eigenvalue weighted by atomic mass is 9.45. The second-order valence-electron chi connectivity index (χ2n) is 20.0. The molecule has 7 heteroatoms. The van der Waals surface area contributed by atoms with Crippen molar-refractivity contribution in [3.63, 3.8) is 0 Å². The summed E-state index contributed by atoms with van der Waals surface area (Å²) in [7, 11) is 0. The van der Waals surface area contributed by atoms with Gasteiger partial charge in [0.1, 0.15) is 0 Å². The fraction of sp³-hybridized carbons (Fsp3) is 0.0625. The molecule has 0 aliphatic carbocycles. The molecule has 0 saturated carbocycles. The standard InChI is InChI=1S/C64H44BN3S3/c1-64(2,3)41-31-33-50(47(36-41)39-19-7-4-8-20-39)67-52-38-57-56(69-54-29-17-18-30-55(54)70-57)37-49(52)65-60-48(35-40-21-13-14-26-44(40)62(60)67)45-32-34-51(66(42-22-9-5-10-23-42)43-24-11-6-12-25-43)59-58-46-27-15-16-28-53(46)71-63(58)68(65)61(45)59/h4-38H,1-3H3. The van der Waals surface area contributed by atoms with E-state index in [1.807, 2.05) is 34.9 Å².